The van der Waals surface area contributed by atoms with Crippen LogP contribution < -0.4 is 0 Å². The molecule has 0 fully saturated rings. The molecule has 14 heavy (non-hydrogen) atoms. The molecule has 0 aliphatic carbocycles. The van der Waals surface area contributed by atoms with Gasteiger partial charge < -0.3 is 14.5 Å². The number of nitrogens with zero attached hydrogens (tertiary/aromatic N) is 1. The van der Waals surface area contributed by atoms with Crippen LogP contribution in [0.2, 0.25) is 0 Å². The molecule has 0 aromatic rings. The number of hydrogen-bond donors (Lipinski definition) is 2. The molecule has 0 bridgehead atoms. The summed E-state index contributed by atoms with van der Waals surface area (Å²) >= 11 is 0. The number of ether oxygens (including phenoxy) is 1. The van der Waals surface area contributed by atoms with Crippen LogP contribution in [0, 0.1) is 0 Å². The summed E-state index contributed by atoms with van der Waals surface area (Å²) in [5.74, 6) is -0.507. The fourth-order valence-electron chi connectivity index (χ4n) is 0.863. The molecule has 0 atom stereocenters. The maximum atomic E-state index is 10.9. The molecule has 0 aliphatic rings. The summed E-state index contributed by atoms with van der Waals surface area (Å²) in [5.41, 5.74) is 0. The van der Waals surface area contributed by atoms with Gasteiger partial charge in [-0.05, 0) is 13.8 Å². The Hall–Kier alpha value is -0.420. The second kappa shape index (κ2) is 5.46. The molecular formula is C7H16NO5P. The molecule has 0 saturated heterocycles. The molecule has 0 heterocycles. The first-order chi connectivity index (χ1) is 6.26. The summed E-state index contributed by atoms with van der Waals surface area (Å²) in [6.45, 7) is 3.39. The first kappa shape index (κ1) is 13.6. The molecule has 0 saturated carbocycles. The molecule has 0 aromatic heterocycles. The zero-order valence-corrected chi connectivity index (χ0v) is 9.40. The van der Waals surface area contributed by atoms with E-state index in [9.17, 15) is 9.36 Å². The summed E-state index contributed by atoms with van der Waals surface area (Å²) in [5, 5.41) is 0. The zero-order chi connectivity index (χ0) is 11.4. The normalized spacial score (nSPS) is 12.2. The second-order valence-electron chi connectivity index (χ2n) is 3.22. The van der Waals surface area contributed by atoms with Gasteiger partial charge in [-0.3, -0.25) is 14.3 Å². The zero-order valence-electron chi connectivity index (χ0n) is 8.51. The summed E-state index contributed by atoms with van der Waals surface area (Å²) in [4.78, 5) is 29.7. The predicted octanol–water partition coefficient (Wildman–Crippen LogP) is 0.00500. The van der Waals surface area contributed by atoms with Crippen molar-refractivity contribution in [1.82, 2.24) is 4.90 Å². The van der Waals surface area contributed by atoms with Crippen LogP contribution >= 0.6 is 7.60 Å². The molecule has 0 unspecified atom stereocenters. The second-order valence-corrected chi connectivity index (χ2v) is 4.84. The molecule has 0 rings (SSSR count). The fourth-order valence-corrected chi connectivity index (χ4v) is 1.76. The third-order valence-electron chi connectivity index (χ3n) is 1.66. The van der Waals surface area contributed by atoms with Crippen LogP contribution in [0.15, 0.2) is 0 Å². The minimum absolute atomic E-state index is 0.112. The Morgan fingerprint density at radius 2 is 2.00 bits per heavy atom. The minimum atomic E-state index is -4.12. The van der Waals surface area contributed by atoms with Crippen LogP contribution in [0.25, 0.3) is 0 Å². The van der Waals surface area contributed by atoms with E-state index in [1.165, 1.54) is 12.0 Å². The minimum Gasteiger partial charge on any atom is -0.468 e. The average molecular weight is 225 g/mol. The molecular weight excluding hydrogens is 209 g/mol. The van der Waals surface area contributed by atoms with Gasteiger partial charge in [0.1, 0.15) is 6.29 Å². The first-order valence-electron chi connectivity index (χ1n) is 4.11. The smallest absolute Gasteiger partial charge is 0.339 e. The van der Waals surface area contributed by atoms with Crippen molar-refractivity contribution in [3.63, 3.8) is 0 Å². The van der Waals surface area contributed by atoms with E-state index in [1.54, 1.807) is 13.8 Å². The molecule has 2 N–H and O–H groups in total. The molecule has 6 nitrogen and oxygen atoms in total. The quantitative estimate of drug-likeness (QED) is 0.506. The average Bonchev–Trinajstić information content (AvgIpc) is 2.00. The largest absolute Gasteiger partial charge is 0.468 e. The first-order valence-corrected chi connectivity index (χ1v) is 5.91. The Balaban J connectivity index is 4.31. The van der Waals surface area contributed by atoms with Gasteiger partial charge in [0.25, 0.3) is 0 Å². The van der Waals surface area contributed by atoms with E-state index in [-0.39, 0.29) is 12.6 Å². The fraction of sp³-hybridized carbons (Fsp3) is 0.857. The van der Waals surface area contributed by atoms with E-state index in [0.29, 0.717) is 0 Å². The van der Waals surface area contributed by atoms with Gasteiger partial charge in [0.15, 0.2) is 0 Å². The molecule has 0 radical (unpaired) electrons. The van der Waals surface area contributed by atoms with Crippen LogP contribution in [-0.4, -0.2) is 46.6 Å². The van der Waals surface area contributed by atoms with Crippen LogP contribution in [0.3, 0.4) is 0 Å². The molecule has 84 valence electrons. The predicted molar refractivity (Wildman–Crippen MR) is 50.8 cm³/mol. The van der Waals surface area contributed by atoms with Crippen LogP contribution in [-0.2, 0) is 14.1 Å². The highest BCUT2D eigenvalue weighted by Crippen LogP contribution is 2.35. The Morgan fingerprint density at radius 1 is 1.50 bits per heavy atom. The lowest BCUT2D eigenvalue weighted by Crippen LogP contribution is -2.36. The Morgan fingerprint density at radius 3 is 2.29 bits per heavy atom. The van der Waals surface area contributed by atoms with Gasteiger partial charge in [-0.1, -0.05) is 0 Å². The summed E-state index contributed by atoms with van der Waals surface area (Å²) < 4.78 is 15.1. The van der Waals surface area contributed by atoms with E-state index in [4.69, 9.17) is 9.79 Å². The van der Waals surface area contributed by atoms with Crippen molar-refractivity contribution < 1.29 is 23.9 Å². The standard InChI is InChI=1S/C7H16NO5P/c1-6(2)8(4-7(9)13-3)5-14(10,11)12/h6H,4-5H2,1-3H3,(H2,10,11,12). The molecule has 0 amide bonds. The van der Waals surface area contributed by atoms with Crippen LogP contribution in [0.1, 0.15) is 13.8 Å². The van der Waals surface area contributed by atoms with Gasteiger partial charge >= 0.3 is 13.6 Å². The third-order valence-corrected chi connectivity index (χ3v) is 2.39. The highest BCUT2D eigenvalue weighted by molar-refractivity contribution is 7.51. The third kappa shape index (κ3) is 6.10. The SMILES string of the molecule is COC(=O)CN(CP(=O)(O)O)C(C)C. The van der Waals surface area contributed by atoms with E-state index < -0.39 is 19.9 Å². The number of rotatable bonds is 5. The van der Waals surface area contributed by atoms with Crippen molar-refractivity contribution in [2.45, 2.75) is 19.9 Å². The van der Waals surface area contributed by atoms with Gasteiger partial charge in [-0.15, -0.1) is 0 Å². The van der Waals surface area contributed by atoms with Crippen LogP contribution in [0.4, 0.5) is 0 Å². The summed E-state index contributed by atoms with van der Waals surface area (Å²) in [7, 11) is -2.89. The van der Waals surface area contributed by atoms with Gasteiger partial charge in [-0.25, -0.2) is 0 Å². The maximum Gasteiger partial charge on any atom is 0.339 e. The lowest BCUT2D eigenvalue weighted by molar-refractivity contribution is -0.142. The van der Waals surface area contributed by atoms with Crippen molar-refractivity contribution in [3.8, 4) is 0 Å². The number of carbonyl (C=O) groups excluding carboxylic acids is 1. The Labute approximate surface area is 83.0 Å². The van der Waals surface area contributed by atoms with Crippen molar-refractivity contribution in [1.29, 1.82) is 0 Å². The number of esters is 1. The van der Waals surface area contributed by atoms with Crippen molar-refractivity contribution in [3.05, 3.63) is 0 Å². The number of carbonyl (C=O) groups is 1. The van der Waals surface area contributed by atoms with E-state index >= 15 is 0 Å². The molecule has 0 aromatic carbocycles. The molecule has 0 spiro atoms. The monoisotopic (exact) mass is 225 g/mol. The van der Waals surface area contributed by atoms with Crippen LogP contribution in [0.5, 0.6) is 0 Å². The highest BCUT2D eigenvalue weighted by Gasteiger charge is 2.23. The number of hydrogen-bond acceptors (Lipinski definition) is 4. The van der Waals surface area contributed by atoms with Gasteiger partial charge in [-0.2, -0.15) is 0 Å². The maximum absolute atomic E-state index is 10.9. The molecule has 7 heteroatoms. The highest BCUT2D eigenvalue weighted by atomic mass is 31.2. The van der Waals surface area contributed by atoms with Gasteiger partial charge in [0, 0.05) is 6.04 Å². The lowest BCUT2D eigenvalue weighted by atomic mass is 10.3. The van der Waals surface area contributed by atoms with Crippen molar-refractivity contribution >= 4 is 13.6 Å². The lowest BCUT2D eigenvalue weighted by Gasteiger charge is -2.24. The number of methoxy groups -OCH3 is 1. The van der Waals surface area contributed by atoms with E-state index in [0.717, 1.165) is 0 Å². The summed E-state index contributed by atoms with van der Waals surface area (Å²) in [6.07, 6.45) is -0.431. The Kier molecular flexibility index (Phi) is 5.29. The van der Waals surface area contributed by atoms with E-state index in [2.05, 4.69) is 4.74 Å². The molecule has 0 aliphatic heterocycles. The topological polar surface area (TPSA) is 87.1 Å². The van der Waals surface area contributed by atoms with Crippen molar-refractivity contribution in [2.24, 2.45) is 0 Å². The summed E-state index contributed by atoms with van der Waals surface area (Å²) in [6, 6.07) is -0.123. The van der Waals surface area contributed by atoms with E-state index in [1.807, 2.05) is 0 Å². The van der Waals surface area contributed by atoms with Gasteiger partial charge in [0.05, 0.1) is 13.7 Å². The Bertz CT molecular complexity index is 236. The van der Waals surface area contributed by atoms with Gasteiger partial charge in [0.2, 0.25) is 0 Å². The van der Waals surface area contributed by atoms with Crippen molar-refractivity contribution in [2.75, 3.05) is 19.9 Å².